The molecule has 2 N–H and O–H groups in total. The van der Waals surface area contributed by atoms with Gasteiger partial charge in [-0.3, -0.25) is 0 Å². The maximum atomic E-state index is 7.35. The van der Waals surface area contributed by atoms with E-state index in [0.717, 1.165) is 25.4 Å². The smallest absolute Gasteiger partial charge is 0.0593 e. The molecule has 8 heavy (non-hydrogen) atoms. The third-order valence-corrected chi connectivity index (χ3v) is 1.84. The second-order valence-electron chi connectivity index (χ2n) is 1.69. The van der Waals surface area contributed by atoms with Crippen LogP contribution in [0.15, 0.2) is 0 Å². The first-order chi connectivity index (χ1) is 4.81. The average Bonchev–Trinajstić information content (AvgIpc) is 1.98. The SMILES string of the molecule is [3H]CCCCCP([3H])CN. The van der Waals surface area contributed by atoms with E-state index in [-0.39, 0.29) is 0 Å². The molecule has 0 aliphatic heterocycles. The number of rotatable bonds is 5. The minimum Gasteiger partial charge on any atom is -0.327 e. The van der Waals surface area contributed by atoms with E-state index in [0.29, 0.717) is 13.2 Å². The van der Waals surface area contributed by atoms with Crippen LogP contribution in [0.3, 0.4) is 0 Å². The van der Waals surface area contributed by atoms with Crippen LogP contribution in [0.5, 0.6) is 0 Å². The fourth-order valence-corrected chi connectivity index (χ4v) is 1.12. The van der Waals surface area contributed by atoms with Crippen LogP contribution >= 0.6 is 8.53 Å². The lowest BCUT2D eigenvalue weighted by Gasteiger charge is -1.94. The van der Waals surface area contributed by atoms with Gasteiger partial charge in [-0.05, 0) is 12.6 Å². The highest BCUT2D eigenvalue weighted by Crippen LogP contribution is 2.09. The van der Waals surface area contributed by atoms with Gasteiger partial charge in [0.25, 0.3) is 0 Å². The number of unbranched alkanes of at least 4 members (excludes halogenated alkanes) is 2. The third kappa shape index (κ3) is 6.39. The van der Waals surface area contributed by atoms with E-state index in [1.165, 1.54) is 0 Å². The second kappa shape index (κ2) is 7.39. The predicted molar refractivity (Wildman–Crippen MR) is 41.8 cm³/mol. The van der Waals surface area contributed by atoms with Crippen LogP contribution in [0, 0.1) is 0 Å². The Morgan fingerprint density at radius 3 is 3.25 bits per heavy atom. The van der Waals surface area contributed by atoms with Crippen molar-refractivity contribution in [1.82, 2.24) is 0 Å². The van der Waals surface area contributed by atoms with Gasteiger partial charge in [-0.15, -0.1) is 8.53 Å². The lowest BCUT2D eigenvalue weighted by atomic mass is 10.3. The van der Waals surface area contributed by atoms with Gasteiger partial charge in [0.1, 0.15) is 0 Å². The van der Waals surface area contributed by atoms with Gasteiger partial charge in [-0.25, -0.2) is 0 Å². The molecule has 0 aromatic heterocycles. The molecule has 0 rings (SSSR count). The number of nitrogens with two attached hydrogens (primary N) is 1. The summed E-state index contributed by atoms with van der Waals surface area (Å²) in [5.41, 5.74) is 5.29. The molecule has 0 spiro atoms. The van der Waals surface area contributed by atoms with E-state index in [1.807, 2.05) is 0 Å². The number of hydrogen-bond donors (Lipinski definition) is 1. The van der Waals surface area contributed by atoms with Gasteiger partial charge in [-0.2, -0.15) is 0 Å². The summed E-state index contributed by atoms with van der Waals surface area (Å²) in [7, 11) is -0.628. The van der Waals surface area contributed by atoms with Crippen molar-refractivity contribution in [3.8, 4) is 0 Å². The standard InChI is InChI=1S/C6H16NP/c1-2-3-4-5-8-6-7/h8H,2-7H2,1H3/i1T,8T. The minimum absolute atomic E-state index is 0.526. The zero-order valence-corrected chi connectivity index (χ0v) is 6.16. The third-order valence-electron chi connectivity index (χ3n) is 0.945. The Morgan fingerprint density at radius 2 is 2.62 bits per heavy atom. The van der Waals surface area contributed by atoms with Crippen molar-refractivity contribution < 1.29 is 1.37 Å². The molecule has 1 unspecified atom stereocenters. The summed E-state index contributed by atoms with van der Waals surface area (Å²) >= 11 is 0. The number of hydrogen-bond acceptors (Lipinski definition) is 1. The molecule has 0 fully saturated rings. The molecular weight excluding hydrogens is 117 g/mol. The van der Waals surface area contributed by atoms with Crippen molar-refractivity contribution in [3.05, 3.63) is 0 Å². The summed E-state index contributed by atoms with van der Waals surface area (Å²) in [6, 6.07) is 0. The zero-order chi connectivity index (χ0) is 7.82. The van der Waals surface area contributed by atoms with Crippen LogP contribution in [0.1, 0.15) is 27.5 Å². The monoisotopic (exact) mass is 137 g/mol. The average molecular weight is 137 g/mol. The van der Waals surface area contributed by atoms with Gasteiger partial charge in [0.15, 0.2) is 0 Å². The van der Waals surface area contributed by atoms with Gasteiger partial charge in [0.05, 0.1) is 1.28 Å². The van der Waals surface area contributed by atoms with Crippen LogP contribution in [0.25, 0.3) is 0 Å². The Labute approximate surface area is 56.5 Å². The van der Waals surface area contributed by atoms with E-state index < -0.39 is 8.53 Å². The van der Waals surface area contributed by atoms with Gasteiger partial charge in [-0.1, -0.05) is 19.7 Å². The Hall–Kier alpha value is 0.390. The molecule has 1 atom stereocenters. The quantitative estimate of drug-likeness (QED) is 0.453. The van der Waals surface area contributed by atoms with Gasteiger partial charge >= 0.3 is 0 Å². The van der Waals surface area contributed by atoms with E-state index >= 15 is 0 Å². The largest absolute Gasteiger partial charge is 0.327 e. The molecule has 0 bridgehead atoms. The van der Waals surface area contributed by atoms with Crippen molar-refractivity contribution in [3.63, 3.8) is 0 Å². The van der Waals surface area contributed by atoms with E-state index in [2.05, 4.69) is 0 Å². The highest BCUT2D eigenvalue weighted by molar-refractivity contribution is 7.37. The molecule has 0 aliphatic carbocycles. The first-order valence-electron chi connectivity index (χ1n) is 4.20. The summed E-state index contributed by atoms with van der Waals surface area (Å²) < 4.78 is 14.2. The van der Waals surface area contributed by atoms with Gasteiger partial charge < -0.3 is 5.73 Å². The summed E-state index contributed by atoms with van der Waals surface area (Å²) in [5, 5.41) is 0. The Kier molecular flexibility index (Phi) is 4.80. The lowest BCUT2D eigenvalue weighted by molar-refractivity contribution is 0.777. The molecule has 1 nitrogen and oxygen atoms in total. The van der Waals surface area contributed by atoms with Crippen molar-refractivity contribution in [2.45, 2.75) is 26.2 Å². The van der Waals surface area contributed by atoms with Crippen LogP contribution in [0.4, 0.5) is 0 Å². The minimum atomic E-state index is -0.628. The fourth-order valence-electron chi connectivity index (χ4n) is 0.492. The highest BCUT2D eigenvalue weighted by atomic mass is 31.1. The predicted octanol–water partition coefficient (Wildman–Crippen LogP) is 1.77. The van der Waals surface area contributed by atoms with E-state index in [4.69, 9.17) is 8.38 Å². The molecular formula is C6H16NP. The van der Waals surface area contributed by atoms with Crippen molar-refractivity contribution >= 4 is 8.53 Å². The maximum Gasteiger partial charge on any atom is 0.0593 e. The molecule has 0 saturated heterocycles. The van der Waals surface area contributed by atoms with E-state index in [9.17, 15) is 0 Å². The first-order valence-corrected chi connectivity index (χ1v) is 4.31. The molecule has 0 aliphatic rings. The highest BCUT2D eigenvalue weighted by Gasteiger charge is 1.83. The van der Waals surface area contributed by atoms with Crippen LogP contribution < -0.4 is 5.73 Å². The van der Waals surface area contributed by atoms with E-state index in [1.54, 1.807) is 0 Å². The fraction of sp³-hybridized carbons (Fsp3) is 1.00. The molecule has 2 heteroatoms. The van der Waals surface area contributed by atoms with Crippen molar-refractivity contribution in [2.24, 2.45) is 5.73 Å². The summed E-state index contributed by atoms with van der Waals surface area (Å²) in [6.07, 6.45) is 4.67. The normalized spacial score (nSPS) is 17.1. The van der Waals surface area contributed by atoms with Crippen LogP contribution in [-0.4, -0.2) is 13.7 Å². The first kappa shape index (κ1) is 5.20. The van der Waals surface area contributed by atoms with Gasteiger partial charge in [0.2, 0.25) is 0 Å². The Balaban J connectivity index is 2.89. The summed E-state index contributed by atoms with van der Waals surface area (Å²) in [4.78, 5) is 0. The van der Waals surface area contributed by atoms with Gasteiger partial charge in [0, 0.05) is 7.66 Å². The summed E-state index contributed by atoms with van der Waals surface area (Å²) in [6.45, 7) is 0.526. The molecule has 0 saturated carbocycles. The molecule has 0 amide bonds. The second-order valence-corrected chi connectivity index (χ2v) is 2.95. The van der Waals surface area contributed by atoms with Crippen molar-refractivity contribution in [1.29, 1.82) is 1.28 Å². The topological polar surface area (TPSA) is 26.0 Å². The van der Waals surface area contributed by atoms with Crippen LogP contribution in [-0.2, 0) is 0 Å². The Morgan fingerprint density at radius 1 is 1.75 bits per heavy atom. The molecule has 50 valence electrons. The summed E-state index contributed by atoms with van der Waals surface area (Å²) in [5.74, 6) is 0. The van der Waals surface area contributed by atoms with Crippen LogP contribution in [0.2, 0.25) is 0 Å². The zero-order valence-electron chi connectivity index (χ0n) is 7.27. The molecule has 0 radical (unpaired) electrons. The maximum absolute atomic E-state index is 7.35. The molecule has 0 aromatic rings. The molecule has 0 heterocycles. The Bertz CT molecular complexity index is 72.8. The molecule has 0 aromatic carbocycles. The lowest BCUT2D eigenvalue weighted by Crippen LogP contribution is -1.91. The van der Waals surface area contributed by atoms with Crippen molar-refractivity contribution in [2.75, 3.05) is 12.4 Å².